The van der Waals surface area contributed by atoms with Crippen molar-refractivity contribution in [2.75, 3.05) is 37.4 Å². The van der Waals surface area contributed by atoms with Crippen LogP contribution in [0.2, 0.25) is 0 Å². The van der Waals surface area contributed by atoms with E-state index in [-0.39, 0.29) is 17.3 Å². The quantitative estimate of drug-likeness (QED) is 0.0310. The third-order valence-corrected chi connectivity index (χ3v) is 9.63. The first-order chi connectivity index (χ1) is 25.7. The largest absolute Gasteiger partial charge is 0.506 e. The number of fused-ring (bicyclic) bond motifs is 1. The predicted molar refractivity (Wildman–Crippen MR) is 207 cm³/mol. The van der Waals surface area contributed by atoms with Crippen molar-refractivity contribution in [1.82, 2.24) is 10.6 Å². The van der Waals surface area contributed by atoms with Crippen LogP contribution in [0.1, 0.15) is 63.6 Å². The smallest absolute Gasteiger partial charge is 0.256 e. The molecule has 3 amide bonds. The number of aliphatic hydroxyl groups is 1. The van der Waals surface area contributed by atoms with Gasteiger partial charge in [-0.25, -0.2) is 4.98 Å². The number of phenols is 1. The maximum Gasteiger partial charge on any atom is 0.256 e. The number of H-pyrrole nitrogens is 1. The fraction of sp³-hybridized carbons (Fsp3) is 0.250. The van der Waals surface area contributed by atoms with E-state index in [1.807, 2.05) is 55.5 Å². The Bertz CT molecular complexity index is 2080. The molecule has 5 aromatic rings. The minimum atomic E-state index is -0.776. The standard InChI is InChI=1S/C40H44N6O6S/c1-25-17-31(21-32-37(25)44-22-33(39(41)50)38(32)46-28-10-8-11-29(20-28)52-2)53-30-12-7-9-27(18-30)40(51)43-16-6-4-3-5-15-42-23-36(49)26-13-14-35(48)34(19-26)45-24-47/h7-14,17-22,24,36,42,48-49H,3-6,15-16,23H2,1-2H3,(H2,41,50)(H,43,51)(H,44,46)(H,45,47)/p+1. The van der Waals surface area contributed by atoms with Crippen LogP contribution in [0.15, 0.2) is 94.9 Å². The molecule has 1 unspecified atom stereocenters. The van der Waals surface area contributed by atoms with Gasteiger partial charge in [-0.05, 0) is 86.5 Å². The number of rotatable bonds is 19. The molecule has 1 atom stereocenters. The third kappa shape index (κ3) is 10.5. The number of nitrogens with one attached hydrogen (secondary N) is 5. The summed E-state index contributed by atoms with van der Waals surface area (Å²) in [5.41, 5.74) is 10.7. The van der Waals surface area contributed by atoms with Crippen LogP contribution < -0.4 is 36.7 Å². The van der Waals surface area contributed by atoms with Gasteiger partial charge in [0, 0.05) is 45.8 Å². The van der Waals surface area contributed by atoms with Gasteiger partial charge in [-0.3, -0.25) is 14.4 Å². The molecule has 9 N–H and O–H groups in total. The van der Waals surface area contributed by atoms with Crippen LogP contribution >= 0.6 is 11.8 Å². The Morgan fingerprint density at radius 1 is 0.962 bits per heavy atom. The Labute approximate surface area is 312 Å². The Hall–Kier alpha value is -5.63. The molecule has 1 heterocycles. The van der Waals surface area contributed by atoms with Gasteiger partial charge in [-0.1, -0.05) is 42.8 Å². The first-order valence-corrected chi connectivity index (χ1v) is 18.2. The Kier molecular flexibility index (Phi) is 13.6. The number of ether oxygens (including phenoxy) is 1. The Morgan fingerprint density at radius 3 is 2.53 bits per heavy atom. The number of hydrogen-bond donors (Lipinski definition) is 7. The van der Waals surface area contributed by atoms with Crippen molar-refractivity contribution in [2.24, 2.45) is 5.73 Å². The number of hydrogen-bond acceptors (Lipinski definition) is 9. The SMILES string of the molecule is COc1cccc(Nc2c(C(N)=O)c[nH+]c3c(C)cc(Sc4cccc(C(=O)NCCCCCCNCC(O)c5ccc(O)c(NC=O)c5)c4)cc23)c1. The number of carbonyl (C=O) groups excluding carboxylic acids is 3. The topological polar surface area (TPSA) is 189 Å². The van der Waals surface area contributed by atoms with E-state index in [2.05, 4.69) is 32.3 Å². The number of amides is 3. The fourth-order valence-corrected chi connectivity index (χ4v) is 6.92. The highest BCUT2D eigenvalue weighted by molar-refractivity contribution is 7.99. The summed E-state index contributed by atoms with van der Waals surface area (Å²) in [5.74, 6) is -0.0854. The molecule has 0 aliphatic heterocycles. The van der Waals surface area contributed by atoms with Crippen molar-refractivity contribution in [3.8, 4) is 11.5 Å². The number of anilines is 3. The average Bonchev–Trinajstić information content (AvgIpc) is 3.15. The second kappa shape index (κ2) is 18.7. The first kappa shape index (κ1) is 38.6. The van der Waals surface area contributed by atoms with Gasteiger partial charge in [-0.2, -0.15) is 0 Å². The van der Waals surface area contributed by atoms with Crippen LogP contribution in [-0.2, 0) is 4.79 Å². The summed E-state index contributed by atoms with van der Waals surface area (Å²) in [6.45, 7) is 3.63. The molecule has 0 radical (unpaired) electrons. The summed E-state index contributed by atoms with van der Waals surface area (Å²) in [7, 11) is 1.60. The van der Waals surface area contributed by atoms with E-state index in [9.17, 15) is 24.6 Å². The maximum absolute atomic E-state index is 13.0. The predicted octanol–water partition coefficient (Wildman–Crippen LogP) is 5.85. The van der Waals surface area contributed by atoms with Crippen LogP contribution in [0, 0.1) is 6.92 Å². The summed E-state index contributed by atoms with van der Waals surface area (Å²) < 4.78 is 5.37. The molecule has 53 heavy (non-hydrogen) atoms. The van der Waals surface area contributed by atoms with E-state index in [1.165, 1.54) is 17.8 Å². The Morgan fingerprint density at radius 2 is 1.75 bits per heavy atom. The van der Waals surface area contributed by atoms with Crippen LogP contribution in [-0.4, -0.2) is 55.2 Å². The molecule has 1 aromatic heterocycles. The van der Waals surface area contributed by atoms with Crippen molar-refractivity contribution in [2.45, 2.75) is 48.5 Å². The molecule has 0 saturated carbocycles. The normalized spacial score (nSPS) is 11.5. The van der Waals surface area contributed by atoms with Crippen LogP contribution in [0.3, 0.4) is 0 Å². The van der Waals surface area contributed by atoms with E-state index in [0.717, 1.165) is 64.2 Å². The highest BCUT2D eigenvalue weighted by Crippen LogP contribution is 2.36. The van der Waals surface area contributed by atoms with Gasteiger partial charge in [0.25, 0.3) is 11.8 Å². The van der Waals surface area contributed by atoms with Gasteiger partial charge in [0.1, 0.15) is 17.1 Å². The van der Waals surface area contributed by atoms with Crippen molar-refractivity contribution in [3.05, 3.63) is 107 Å². The monoisotopic (exact) mass is 737 g/mol. The molecule has 0 saturated heterocycles. The number of aromatic nitrogens is 1. The molecule has 0 bridgehead atoms. The van der Waals surface area contributed by atoms with Gasteiger partial charge in [-0.15, -0.1) is 0 Å². The second-order valence-corrected chi connectivity index (χ2v) is 13.7. The molecule has 0 aliphatic rings. The molecular weight excluding hydrogens is 693 g/mol. The van der Waals surface area contributed by atoms with Gasteiger partial charge in [0.2, 0.25) is 11.9 Å². The van der Waals surface area contributed by atoms with Crippen molar-refractivity contribution >= 4 is 58.0 Å². The van der Waals surface area contributed by atoms with Crippen molar-refractivity contribution in [3.63, 3.8) is 0 Å². The molecule has 0 spiro atoms. The number of primary amides is 1. The van der Waals surface area contributed by atoms with Crippen molar-refractivity contribution < 1.29 is 34.3 Å². The molecule has 0 fully saturated rings. The lowest BCUT2D eigenvalue weighted by molar-refractivity contribution is -0.345. The van der Waals surface area contributed by atoms with Crippen LogP contribution in [0.4, 0.5) is 17.1 Å². The molecule has 5 rings (SSSR count). The lowest BCUT2D eigenvalue weighted by Crippen LogP contribution is -2.24. The number of benzene rings is 4. The summed E-state index contributed by atoms with van der Waals surface area (Å²) in [5, 5.41) is 33.1. The molecule has 4 aromatic carbocycles. The van der Waals surface area contributed by atoms with E-state index < -0.39 is 12.0 Å². The van der Waals surface area contributed by atoms with Crippen LogP contribution in [0.25, 0.3) is 10.9 Å². The number of aliphatic hydroxyl groups excluding tert-OH is 1. The average molecular weight is 738 g/mol. The van der Waals surface area contributed by atoms with E-state index in [4.69, 9.17) is 10.5 Å². The van der Waals surface area contributed by atoms with Gasteiger partial charge in [0.15, 0.2) is 6.20 Å². The molecule has 276 valence electrons. The highest BCUT2D eigenvalue weighted by atomic mass is 32.2. The lowest BCUT2D eigenvalue weighted by atomic mass is 10.1. The number of aryl methyl sites for hydroxylation is 1. The summed E-state index contributed by atoms with van der Waals surface area (Å²) in [6.07, 6.45) is 5.00. The molecule has 13 heteroatoms. The minimum absolute atomic E-state index is 0.0617. The summed E-state index contributed by atoms with van der Waals surface area (Å²) in [4.78, 5) is 41.3. The molecule has 0 aliphatic carbocycles. The summed E-state index contributed by atoms with van der Waals surface area (Å²) in [6, 6.07) is 23.6. The van der Waals surface area contributed by atoms with E-state index >= 15 is 0 Å². The molecular formula is C40H45N6O6S+. The number of unbranched alkanes of at least 4 members (excludes halogenated alkanes) is 3. The highest BCUT2D eigenvalue weighted by Gasteiger charge is 2.20. The summed E-state index contributed by atoms with van der Waals surface area (Å²) >= 11 is 1.52. The zero-order valence-corrected chi connectivity index (χ0v) is 30.5. The number of methoxy groups -OCH3 is 1. The number of aromatic amines is 1. The number of pyridine rings is 1. The zero-order chi connectivity index (χ0) is 37.7. The lowest BCUT2D eigenvalue weighted by Gasteiger charge is -2.14. The maximum atomic E-state index is 13.0. The number of nitrogens with two attached hydrogens (primary N) is 1. The van der Waals surface area contributed by atoms with Gasteiger partial charge < -0.3 is 42.0 Å². The minimum Gasteiger partial charge on any atom is -0.506 e. The van der Waals surface area contributed by atoms with Crippen molar-refractivity contribution in [1.29, 1.82) is 0 Å². The third-order valence-electron chi connectivity index (χ3n) is 8.67. The zero-order valence-electron chi connectivity index (χ0n) is 29.7. The number of carbonyl (C=O) groups is 3. The Balaban J connectivity index is 1.11. The second-order valence-electron chi connectivity index (χ2n) is 12.5. The number of phenolic OH excluding ortho intramolecular Hbond substituents is 1. The number of aromatic hydroxyl groups is 1. The van der Waals surface area contributed by atoms with E-state index in [1.54, 1.807) is 31.5 Å². The van der Waals surface area contributed by atoms with Gasteiger partial charge >= 0.3 is 0 Å². The molecule has 12 nitrogen and oxygen atoms in total. The van der Waals surface area contributed by atoms with Crippen LogP contribution in [0.5, 0.6) is 11.5 Å². The fourth-order valence-electron chi connectivity index (χ4n) is 5.90. The van der Waals surface area contributed by atoms with E-state index in [0.29, 0.717) is 47.6 Å². The first-order valence-electron chi connectivity index (χ1n) is 17.3. The van der Waals surface area contributed by atoms with Gasteiger partial charge in [0.05, 0.1) is 30.0 Å².